The summed E-state index contributed by atoms with van der Waals surface area (Å²) in [5.41, 5.74) is -0.201. The molecule has 1 aromatic heterocycles. The number of carboxylic acids is 2. The van der Waals surface area contributed by atoms with Gasteiger partial charge in [0.05, 0.1) is 12.6 Å². The third kappa shape index (κ3) is 3.81. The Balaban J connectivity index is 2.75. The van der Waals surface area contributed by atoms with Crippen molar-refractivity contribution in [2.75, 3.05) is 0 Å². The minimum Gasteiger partial charge on any atom is -0.481 e. The summed E-state index contributed by atoms with van der Waals surface area (Å²) in [6, 6.07) is 0.473. The average Bonchev–Trinajstić information content (AvgIpc) is 2.28. The minimum atomic E-state index is -1.57. The van der Waals surface area contributed by atoms with E-state index in [1.807, 2.05) is 5.32 Å². The van der Waals surface area contributed by atoms with Crippen LogP contribution in [-0.2, 0) is 9.59 Å². The van der Waals surface area contributed by atoms with Crippen molar-refractivity contribution in [1.29, 1.82) is 0 Å². The number of halogens is 1. The molecule has 3 N–H and O–H groups in total. The van der Waals surface area contributed by atoms with Gasteiger partial charge in [0.25, 0.3) is 5.91 Å². The van der Waals surface area contributed by atoms with Gasteiger partial charge in [-0.15, -0.1) is 0 Å². The fourth-order valence-corrected chi connectivity index (χ4v) is 1.12. The Hall–Kier alpha value is -2.51. The van der Waals surface area contributed by atoms with Crippen LogP contribution < -0.4 is 5.32 Å². The van der Waals surface area contributed by atoms with E-state index < -0.39 is 36.1 Å². The summed E-state index contributed by atoms with van der Waals surface area (Å²) in [7, 11) is 0. The van der Waals surface area contributed by atoms with Gasteiger partial charge < -0.3 is 15.5 Å². The average molecular weight is 256 g/mol. The van der Waals surface area contributed by atoms with Crippen molar-refractivity contribution in [3.8, 4) is 0 Å². The van der Waals surface area contributed by atoms with Crippen molar-refractivity contribution < 1.29 is 29.0 Å². The maximum Gasteiger partial charge on any atom is 0.326 e. The zero-order valence-electron chi connectivity index (χ0n) is 8.96. The third-order valence-electron chi connectivity index (χ3n) is 1.94. The van der Waals surface area contributed by atoms with E-state index in [1.165, 1.54) is 0 Å². The number of rotatable bonds is 5. The number of pyridine rings is 1. The summed E-state index contributed by atoms with van der Waals surface area (Å²) < 4.78 is 12.5. The van der Waals surface area contributed by atoms with Crippen LogP contribution in [0.3, 0.4) is 0 Å². The van der Waals surface area contributed by atoms with Gasteiger partial charge in [0.1, 0.15) is 17.6 Å². The topological polar surface area (TPSA) is 117 Å². The molecule has 0 saturated heterocycles. The summed E-state index contributed by atoms with van der Waals surface area (Å²) in [6.07, 6.45) is 0.0319. The first-order chi connectivity index (χ1) is 8.40. The molecule has 0 aliphatic carbocycles. The van der Waals surface area contributed by atoms with Crippen LogP contribution in [0.5, 0.6) is 0 Å². The molecule has 0 saturated carbocycles. The van der Waals surface area contributed by atoms with Gasteiger partial charge in [-0.3, -0.25) is 9.59 Å². The molecule has 96 valence electrons. The van der Waals surface area contributed by atoms with Gasteiger partial charge in [0.2, 0.25) is 0 Å². The van der Waals surface area contributed by atoms with E-state index in [9.17, 15) is 18.8 Å². The highest BCUT2D eigenvalue weighted by Crippen LogP contribution is 2.00. The highest BCUT2D eigenvalue weighted by Gasteiger charge is 2.23. The number of carbonyl (C=O) groups is 3. The normalized spacial score (nSPS) is 11.6. The van der Waals surface area contributed by atoms with Gasteiger partial charge in [-0.2, -0.15) is 0 Å². The van der Waals surface area contributed by atoms with Crippen molar-refractivity contribution in [3.05, 3.63) is 29.8 Å². The number of hydrogen-bond acceptors (Lipinski definition) is 4. The second kappa shape index (κ2) is 5.71. The number of aromatic nitrogens is 1. The van der Waals surface area contributed by atoms with Crippen molar-refractivity contribution in [2.45, 2.75) is 12.5 Å². The molecular weight excluding hydrogens is 247 g/mol. The monoisotopic (exact) mass is 256 g/mol. The molecule has 0 fully saturated rings. The van der Waals surface area contributed by atoms with Crippen LogP contribution in [0, 0.1) is 5.82 Å². The molecule has 1 aromatic rings. The van der Waals surface area contributed by atoms with E-state index in [0.29, 0.717) is 0 Å². The first-order valence-electron chi connectivity index (χ1n) is 4.77. The van der Waals surface area contributed by atoms with Gasteiger partial charge >= 0.3 is 11.9 Å². The number of hydrogen-bond donors (Lipinski definition) is 3. The molecule has 1 unspecified atom stereocenters. The predicted octanol–water partition coefficient (Wildman–Crippen LogP) is -0.122. The highest BCUT2D eigenvalue weighted by atomic mass is 19.1. The molecule has 8 heteroatoms. The lowest BCUT2D eigenvalue weighted by Crippen LogP contribution is -2.42. The summed E-state index contributed by atoms with van der Waals surface area (Å²) in [6.45, 7) is 0. The minimum absolute atomic E-state index is 0.201. The van der Waals surface area contributed by atoms with Gasteiger partial charge in [0, 0.05) is 0 Å². The molecule has 18 heavy (non-hydrogen) atoms. The lowest BCUT2D eigenvalue weighted by molar-refractivity contribution is -0.145. The van der Waals surface area contributed by atoms with Gasteiger partial charge in [-0.05, 0) is 12.1 Å². The Bertz CT molecular complexity index is 474. The van der Waals surface area contributed by atoms with E-state index in [1.54, 1.807) is 0 Å². The van der Waals surface area contributed by atoms with Gasteiger partial charge in [-0.1, -0.05) is 0 Å². The zero-order chi connectivity index (χ0) is 13.7. The Morgan fingerprint density at radius 3 is 2.44 bits per heavy atom. The highest BCUT2D eigenvalue weighted by molar-refractivity contribution is 5.95. The van der Waals surface area contributed by atoms with Crippen molar-refractivity contribution in [3.63, 3.8) is 0 Å². The van der Waals surface area contributed by atoms with Crippen LogP contribution in [0.25, 0.3) is 0 Å². The van der Waals surface area contributed by atoms with Crippen LogP contribution in [-0.4, -0.2) is 39.1 Å². The predicted molar refractivity (Wildman–Crippen MR) is 55.3 cm³/mol. The van der Waals surface area contributed by atoms with Crippen molar-refractivity contribution >= 4 is 17.8 Å². The molecule has 0 bridgehead atoms. The van der Waals surface area contributed by atoms with E-state index >= 15 is 0 Å². The maximum atomic E-state index is 12.5. The second-order valence-corrected chi connectivity index (χ2v) is 3.32. The molecule has 0 spiro atoms. The molecule has 7 nitrogen and oxygen atoms in total. The molecular formula is C10H9FN2O5. The van der Waals surface area contributed by atoms with Crippen molar-refractivity contribution in [2.24, 2.45) is 0 Å². The largest absolute Gasteiger partial charge is 0.481 e. The standard InChI is InChI=1S/C10H9FN2O5/c11-5-1-2-6(12-4-5)9(16)13-7(10(17)18)3-8(14)15/h1-2,4,7H,3H2,(H,13,16)(H,14,15)(H,17,18). The first kappa shape index (κ1) is 13.6. The van der Waals surface area contributed by atoms with Gasteiger partial charge in [-0.25, -0.2) is 14.2 Å². The summed E-state index contributed by atoms with van der Waals surface area (Å²) in [5, 5.41) is 19.2. The van der Waals surface area contributed by atoms with E-state index in [2.05, 4.69) is 4.98 Å². The number of carbonyl (C=O) groups excluding carboxylic acids is 1. The Morgan fingerprint density at radius 2 is 2.00 bits per heavy atom. The van der Waals surface area contributed by atoms with E-state index in [4.69, 9.17) is 10.2 Å². The Labute approximate surface area is 100 Å². The lowest BCUT2D eigenvalue weighted by atomic mass is 10.2. The SMILES string of the molecule is O=C(O)CC(NC(=O)c1ccc(F)cn1)C(=O)O. The van der Waals surface area contributed by atoms with Crippen LogP contribution in [0.1, 0.15) is 16.9 Å². The molecule has 0 aliphatic heterocycles. The fourth-order valence-electron chi connectivity index (χ4n) is 1.12. The Morgan fingerprint density at radius 1 is 1.33 bits per heavy atom. The summed E-state index contributed by atoms with van der Waals surface area (Å²) >= 11 is 0. The number of nitrogens with zero attached hydrogens (tertiary/aromatic N) is 1. The number of amides is 1. The number of aliphatic carboxylic acids is 2. The molecule has 1 heterocycles. The maximum absolute atomic E-state index is 12.5. The number of nitrogens with one attached hydrogen (secondary N) is 1. The first-order valence-corrected chi connectivity index (χ1v) is 4.77. The second-order valence-electron chi connectivity index (χ2n) is 3.32. The van der Waals surface area contributed by atoms with Crippen LogP contribution in [0.15, 0.2) is 18.3 Å². The van der Waals surface area contributed by atoms with Gasteiger partial charge in [0.15, 0.2) is 0 Å². The molecule has 1 rings (SSSR count). The molecule has 0 aromatic carbocycles. The third-order valence-corrected chi connectivity index (χ3v) is 1.94. The molecule has 0 aliphatic rings. The molecule has 1 amide bonds. The van der Waals surface area contributed by atoms with Crippen molar-refractivity contribution in [1.82, 2.24) is 10.3 Å². The quantitative estimate of drug-likeness (QED) is 0.676. The smallest absolute Gasteiger partial charge is 0.326 e. The molecule has 1 atom stereocenters. The lowest BCUT2D eigenvalue weighted by Gasteiger charge is -2.11. The summed E-state index contributed by atoms with van der Waals surface area (Å²) in [5.74, 6) is -4.38. The van der Waals surface area contributed by atoms with E-state index in [-0.39, 0.29) is 5.69 Å². The molecule has 0 radical (unpaired) electrons. The fraction of sp³-hybridized carbons (Fsp3) is 0.200. The van der Waals surface area contributed by atoms with E-state index in [0.717, 1.165) is 18.3 Å². The Kier molecular flexibility index (Phi) is 4.30. The van der Waals surface area contributed by atoms with Crippen LogP contribution in [0.2, 0.25) is 0 Å². The zero-order valence-corrected chi connectivity index (χ0v) is 8.96. The van der Waals surface area contributed by atoms with Crippen LogP contribution >= 0.6 is 0 Å². The number of carboxylic acid groups (broad SMARTS) is 2. The summed E-state index contributed by atoms with van der Waals surface area (Å²) in [4.78, 5) is 36.0. The van der Waals surface area contributed by atoms with Crippen LogP contribution in [0.4, 0.5) is 4.39 Å².